The first-order valence-electron chi connectivity index (χ1n) is 5.84. The van der Waals surface area contributed by atoms with Crippen LogP contribution in [0.15, 0.2) is 16.7 Å². The number of halogens is 2. The third kappa shape index (κ3) is 5.33. The molecule has 0 radical (unpaired) electrons. The van der Waals surface area contributed by atoms with Gasteiger partial charge in [0, 0.05) is 17.1 Å². The molecule has 0 aliphatic carbocycles. The number of amides is 1. The van der Waals surface area contributed by atoms with Gasteiger partial charge in [0.1, 0.15) is 0 Å². The number of nitrogens with one attached hydrogen (secondary N) is 1. The minimum atomic E-state index is -0.0549. The summed E-state index contributed by atoms with van der Waals surface area (Å²) < 4.78 is 0.777. The summed E-state index contributed by atoms with van der Waals surface area (Å²) in [7, 11) is 0. The van der Waals surface area contributed by atoms with E-state index in [2.05, 4.69) is 33.2 Å². The van der Waals surface area contributed by atoms with Crippen molar-refractivity contribution in [3.05, 3.63) is 21.9 Å². The lowest BCUT2D eigenvalue weighted by Crippen LogP contribution is -2.14. The first-order valence-corrected chi connectivity index (χ1v) is 7.01. The maximum atomic E-state index is 11.7. The van der Waals surface area contributed by atoms with E-state index in [1.54, 1.807) is 12.3 Å². The van der Waals surface area contributed by atoms with Crippen LogP contribution in [0.4, 0.5) is 5.69 Å². The zero-order chi connectivity index (χ0) is 13.5. The van der Waals surface area contributed by atoms with Gasteiger partial charge in [0.15, 0.2) is 5.15 Å². The minimum Gasteiger partial charge on any atom is -0.330 e. The van der Waals surface area contributed by atoms with Gasteiger partial charge in [-0.15, -0.1) is 0 Å². The summed E-state index contributed by atoms with van der Waals surface area (Å²) in [4.78, 5) is 15.7. The van der Waals surface area contributed by atoms with Crippen LogP contribution in [0.1, 0.15) is 26.2 Å². The second-order valence-corrected chi connectivity index (χ2v) is 5.53. The third-order valence-corrected chi connectivity index (χ3v) is 3.34. The van der Waals surface area contributed by atoms with E-state index in [-0.39, 0.29) is 5.91 Å². The van der Waals surface area contributed by atoms with Gasteiger partial charge < -0.3 is 11.1 Å². The fraction of sp³-hybridized carbons (Fsp3) is 0.500. The van der Waals surface area contributed by atoms with Crippen molar-refractivity contribution in [3.8, 4) is 0 Å². The quantitative estimate of drug-likeness (QED) is 0.785. The standard InChI is InChI=1S/C12H17BrClN3O/c1-8(4-5-15)2-3-11(18)17-10-6-9(13)7-16-12(10)14/h6-8H,2-5,15H2,1H3,(H,17,18). The molecule has 6 heteroatoms. The van der Waals surface area contributed by atoms with Gasteiger partial charge in [0.05, 0.1) is 5.69 Å². The molecule has 1 amide bonds. The Bertz CT molecular complexity index is 414. The maximum Gasteiger partial charge on any atom is 0.224 e. The Morgan fingerprint density at radius 2 is 2.33 bits per heavy atom. The molecule has 1 atom stereocenters. The normalized spacial score (nSPS) is 12.2. The molecule has 0 fully saturated rings. The van der Waals surface area contributed by atoms with Crippen molar-refractivity contribution in [1.82, 2.24) is 4.98 Å². The van der Waals surface area contributed by atoms with E-state index in [4.69, 9.17) is 17.3 Å². The molecule has 1 unspecified atom stereocenters. The van der Waals surface area contributed by atoms with E-state index in [0.717, 1.165) is 17.3 Å². The van der Waals surface area contributed by atoms with Crippen LogP contribution in [-0.2, 0) is 4.79 Å². The van der Waals surface area contributed by atoms with Crippen LogP contribution in [-0.4, -0.2) is 17.4 Å². The van der Waals surface area contributed by atoms with Gasteiger partial charge in [-0.3, -0.25) is 4.79 Å². The van der Waals surface area contributed by atoms with Crippen molar-refractivity contribution >= 4 is 39.1 Å². The molecule has 100 valence electrons. The molecule has 1 rings (SSSR count). The number of rotatable bonds is 6. The fourth-order valence-corrected chi connectivity index (χ4v) is 2.01. The average Bonchev–Trinajstić information content (AvgIpc) is 2.32. The highest BCUT2D eigenvalue weighted by Crippen LogP contribution is 2.23. The number of hydrogen-bond acceptors (Lipinski definition) is 3. The van der Waals surface area contributed by atoms with Gasteiger partial charge in [-0.2, -0.15) is 0 Å². The molecule has 1 aromatic rings. The molecule has 4 nitrogen and oxygen atoms in total. The SMILES string of the molecule is CC(CCN)CCC(=O)Nc1cc(Br)cnc1Cl. The number of nitrogens with zero attached hydrogens (tertiary/aromatic N) is 1. The molecular weight excluding hydrogens is 318 g/mol. The largest absolute Gasteiger partial charge is 0.330 e. The van der Waals surface area contributed by atoms with Gasteiger partial charge in [0.2, 0.25) is 5.91 Å². The second-order valence-electron chi connectivity index (χ2n) is 4.26. The predicted molar refractivity (Wildman–Crippen MR) is 77.6 cm³/mol. The lowest BCUT2D eigenvalue weighted by atomic mass is 10.0. The highest BCUT2D eigenvalue weighted by molar-refractivity contribution is 9.10. The molecule has 1 heterocycles. The molecule has 0 aliphatic rings. The Balaban J connectivity index is 2.47. The first-order chi connectivity index (χ1) is 8.52. The van der Waals surface area contributed by atoms with Crippen LogP contribution in [0, 0.1) is 5.92 Å². The summed E-state index contributed by atoms with van der Waals surface area (Å²) in [6.45, 7) is 2.75. The summed E-state index contributed by atoms with van der Waals surface area (Å²) >= 11 is 9.17. The number of anilines is 1. The molecule has 1 aromatic heterocycles. The van der Waals surface area contributed by atoms with Gasteiger partial charge >= 0.3 is 0 Å². The molecule has 0 spiro atoms. The smallest absolute Gasteiger partial charge is 0.224 e. The van der Waals surface area contributed by atoms with Crippen LogP contribution in [0.3, 0.4) is 0 Å². The van der Waals surface area contributed by atoms with Crippen molar-refractivity contribution < 1.29 is 4.79 Å². The molecule has 0 bridgehead atoms. The monoisotopic (exact) mass is 333 g/mol. The highest BCUT2D eigenvalue weighted by atomic mass is 79.9. The second kappa shape index (κ2) is 7.71. The number of carbonyl (C=O) groups excluding carboxylic acids is 1. The summed E-state index contributed by atoms with van der Waals surface area (Å²) in [5.41, 5.74) is 5.99. The summed E-state index contributed by atoms with van der Waals surface area (Å²) in [6, 6.07) is 1.73. The summed E-state index contributed by atoms with van der Waals surface area (Å²) in [5, 5.41) is 3.05. The molecule has 0 aromatic carbocycles. The van der Waals surface area contributed by atoms with Gasteiger partial charge in [-0.25, -0.2) is 4.98 Å². The van der Waals surface area contributed by atoms with Crippen molar-refractivity contribution in [2.75, 3.05) is 11.9 Å². The maximum absolute atomic E-state index is 11.7. The molecular formula is C12H17BrClN3O. The Morgan fingerprint density at radius 1 is 1.61 bits per heavy atom. The molecule has 3 N–H and O–H groups in total. The van der Waals surface area contributed by atoms with E-state index in [0.29, 0.717) is 29.7 Å². The average molecular weight is 335 g/mol. The van der Waals surface area contributed by atoms with Crippen LogP contribution in [0.5, 0.6) is 0 Å². The summed E-state index contributed by atoms with van der Waals surface area (Å²) in [6.07, 6.45) is 3.81. The number of nitrogens with two attached hydrogens (primary N) is 1. The zero-order valence-corrected chi connectivity index (χ0v) is 12.6. The van der Waals surface area contributed by atoms with Crippen LogP contribution in [0.25, 0.3) is 0 Å². The minimum absolute atomic E-state index is 0.0549. The fourth-order valence-electron chi connectivity index (χ4n) is 1.53. The van der Waals surface area contributed by atoms with E-state index >= 15 is 0 Å². The van der Waals surface area contributed by atoms with E-state index in [9.17, 15) is 4.79 Å². The number of carbonyl (C=O) groups is 1. The Labute approximate surface area is 120 Å². The predicted octanol–water partition coefficient (Wildman–Crippen LogP) is 3.20. The van der Waals surface area contributed by atoms with E-state index < -0.39 is 0 Å². The van der Waals surface area contributed by atoms with Crippen molar-refractivity contribution in [2.45, 2.75) is 26.2 Å². The van der Waals surface area contributed by atoms with Gasteiger partial charge in [0.25, 0.3) is 0 Å². The number of hydrogen-bond donors (Lipinski definition) is 2. The van der Waals surface area contributed by atoms with E-state index in [1.165, 1.54) is 0 Å². The molecule has 18 heavy (non-hydrogen) atoms. The van der Waals surface area contributed by atoms with Crippen molar-refractivity contribution in [3.63, 3.8) is 0 Å². The number of pyridine rings is 1. The Hall–Kier alpha value is -0.650. The van der Waals surface area contributed by atoms with Crippen molar-refractivity contribution in [1.29, 1.82) is 0 Å². The Kier molecular flexibility index (Phi) is 6.60. The highest BCUT2D eigenvalue weighted by Gasteiger charge is 2.09. The molecule has 0 aliphatic heterocycles. The summed E-state index contributed by atoms with van der Waals surface area (Å²) in [5.74, 6) is 0.400. The third-order valence-electron chi connectivity index (χ3n) is 2.60. The molecule has 0 saturated heterocycles. The first kappa shape index (κ1) is 15.4. The van der Waals surface area contributed by atoms with Crippen LogP contribution in [0.2, 0.25) is 5.15 Å². The lowest BCUT2D eigenvalue weighted by molar-refractivity contribution is -0.116. The topological polar surface area (TPSA) is 68.0 Å². The van der Waals surface area contributed by atoms with Crippen molar-refractivity contribution in [2.24, 2.45) is 11.7 Å². The van der Waals surface area contributed by atoms with Crippen LogP contribution < -0.4 is 11.1 Å². The molecule has 0 saturated carbocycles. The lowest BCUT2D eigenvalue weighted by Gasteiger charge is -2.10. The van der Waals surface area contributed by atoms with Gasteiger partial charge in [-0.05, 0) is 47.3 Å². The zero-order valence-electron chi connectivity index (χ0n) is 10.2. The van der Waals surface area contributed by atoms with E-state index in [1.807, 2.05) is 0 Å². The van der Waals surface area contributed by atoms with Gasteiger partial charge in [-0.1, -0.05) is 18.5 Å². The number of aromatic nitrogens is 1. The van der Waals surface area contributed by atoms with Crippen LogP contribution >= 0.6 is 27.5 Å². The Morgan fingerprint density at radius 3 is 3.00 bits per heavy atom.